The first kappa shape index (κ1) is 15.3. The molecule has 1 atom stereocenters. The average Bonchev–Trinajstić information content (AvgIpc) is 2.31. The first-order valence-electron chi connectivity index (χ1n) is 5.02. The number of hydrogen-bond acceptors (Lipinski definition) is 5. The van der Waals surface area contributed by atoms with E-state index in [9.17, 15) is 4.79 Å². The standard InChI is InChI=1S/C10H20O5Si/c1-6-10(11)15-9(2)7-8-16(12-3,13-4)14-5/h6,9H,1,7-8H2,2-5H3/t9-/m1/s1. The second kappa shape index (κ2) is 7.56. The fourth-order valence-electron chi connectivity index (χ4n) is 1.24. The van der Waals surface area contributed by atoms with Crippen LogP contribution in [0.5, 0.6) is 0 Å². The van der Waals surface area contributed by atoms with Crippen LogP contribution in [0.25, 0.3) is 0 Å². The van der Waals surface area contributed by atoms with E-state index in [1.54, 1.807) is 21.3 Å². The summed E-state index contributed by atoms with van der Waals surface area (Å²) in [5.74, 6) is -0.424. The van der Waals surface area contributed by atoms with Gasteiger partial charge in [0, 0.05) is 33.4 Å². The van der Waals surface area contributed by atoms with Gasteiger partial charge < -0.3 is 18.0 Å². The zero-order valence-corrected chi connectivity index (χ0v) is 11.3. The summed E-state index contributed by atoms with van der Waals surface area (Å²) in [7, 11) is 2.11. The van der Waals surface area contributed by atoms with Gasteiger partial charge >= 0.3 is 14.8 Å². The van der Waals surface area contributed by atoms with Gasteiger partial charge in [-0.1, -0.05) is 6.58 Å². The van der Waals surface area contributed by atoms with Crippen molar-refractivity contribution >= 4 is 14.8 Å². The third-order valence-corrected chi connectivity index (χ3v) is 5.04. The van der Waals surface area contributed by atoms with E-state index in [0.717, 1.165) is 6.08 Å². The molecule has 0 aliphatic heterocycles. The summed E-state index contributed by atoms with van der Waals surface area (Å²) in [6, 6.07) is 0.599. The summed E-state index contributed by atoms with van der Waals surface area (Å²) in [4.78, 5) is 10.9. The molecular formula is C10H20O5Si. The molecule has 0 aliphatic carbocycles. The quantitative estimate of drug-likeness (QED) is 0.369. The molecule has 0 radical (unpaired) electrons. The van der Waals surface area contributed by atoms with Crippen LogP contribution in [0.4, 0.5) is 0 Å². The molecule has 0 aromatic carbocycles. The second-order valence-corrected chi connectivity index (χ2v) is 6.38. The Bertz CT molecular complexity index is 219. The predicted molar refractivity (Wildman–Crippen MR) is 62.0 cm³/mol. The van der Waals surface area contributed by atoms with Gasteiger partial charge in [-0.25, -0.2) is 4.79 Å². The number of esters is 1. The second-order valence-electron chi connectivity index (χ2n) is 3.29. The molecule has 94 valence electrons. The fourth-order valence-corrected chi connectivity index (χ4v) is 3.11. The van der Waals surface area contributed by atoms with Gasteiger partial charge in [-0.2, -0.15) is 0 Å². The van der Waals surface area contributed by atoms with Gasteiger partial charge in [0.15, 0.2) is 0 Å². The van der Waals surface area contributed by atoms with Crippen LogP contribution < -0.4 is 0 Å². The zero-order valence-electron chi connectivity index (χ0n) is 10.3. The molecule has 0 heterocycles. The molecule has 0 fully saturated rings. The van der Waals surface area contributed by atoms with Crippen molar-refractivity contribution in [2.45, 2.75) is 25.5 Å². The van der Waals surface area contributed by atoms with Gasteiger partial charge in [0.1, 0.15) is 0 Å². The molecule has 0 saturated carbocycles. The number of hydrogen-bond donors (Lipinski definition) is 0. The van der Waals surface area contributed by atoms with E-state index in [0.29, 0.717) is 12.5 Å². The van der Waals surface area contributed by atoms with Crippen molar-refractivity contribution in [3.05, 3.63) is 12.7 Å². The lowest BCUT2D eigenvalue weighted by atomic mass is 10.3. The maximum absolute atomic E-state index is 10.9. The predicted octanol–water partition coefficient (Wildman–Crippen LogP) is 1.37. The van der Waals surface area contributed by atoms with Crippen molar-refractivity contribution in [3.63, 3.8) is 0 Å². The van der Waals surface area contributed by atoms with Crippen LogP contribution in [0.1, 0.15) is 13.3 Å². The van der Waals surface area contributed by atoms with E-state index in [-0.39, 0.29) is 6.10 Å². The van der Waals surface area contributed by atoms with Crippen molar-refractivity contribution in [1.29, 1.82) is 0 Å². The maximum Gasteiger partial charge on any atom is 0.500 e. The van der Waals surface area contributed by atoms with Crippen LogP contribution in [0.3, 0.4) is 0 Å². The Morgan fingerprint density at radius 1 is 1.31 bits per heavy atom. The molecular weight excluding hydrogens is 228 g/mol. The Kier molecular flexibility index (Phi) is 7.23. The van der Waals surface area contributed by atoms with E-state index < -0.39 is 14.8 Å². The lowest BCUT2D eigenvalue weighted by molar-refractivity contribution is -0.142. The Morgan fingerprint density at radius 2 is 1.81 bits per heavy atom. The van der Waals surface area contributed by atoms with Crippen molar-refractivity contribution in [2.24, 2.45) is 0 Å². The van der Waals surface area contributed by atoms with Crippen molar-refractivity contribution < 1.29 is 22.8 Å². The first-order valence-corrected chi connectivity index (χ1v) is 6.95. The van der Waals surface area contributed by atoms with Crippen molar-refractivity contribution in [3.8, 4) is 0 Å². The van der Waals surface area contributed by atoms with Gasteiger partial charge in [0.05, 0.1) is 6.10 Å². The van der Waals surface area contributed by atoms with Crippen LogP contribution >= 0.6 is 0 Å². The smallest absolute Gasteiger partial charge is 0.460 e. The number of carbonyl (C=O) groups is 1. The van der Waals surface area contributed by atoms with E-state index in [2.05, 4.69) is 6.58 Å². The Hall–Kier alpha value is -0.693. The molecule has 0 rings (SSSR count). The highest BCUT2D eigenvalue weighted by Gasteiger charge is 2.37. The van der Waals surface area contributed by atoms with Crippen LogP contribution in [-0.4, -0.2) is 42.2 Å². The lowest BCUT2D eigenvalue weighted by Crippen LogP contribution is -2.43. The number of carbonyl (C=O) groups excluding carboxylic acids is 1. The molecule has 0 saturated heterocycles. The van der Waals surface area contributed by atoms with Crippen molar-refractivity contribution in [2.75, 3.05) is 21.3 Å². The largest absolute Gasteiger partial charge is 0.500 e. The maximum atomic E-state index is 10.9. The number of ether oxygens (including phenoxy) is 1. The third kappa shape index (κ3) is 4.89. The Balaban J connectivity index is 4.10. The highest BCUT2D eigenvalue weighted by atomic mass is 28.4. The zero-order chi connectivity index (χ0) is 12.6. The van der Waals surface area contributed by atoms with Gasteiger partial charge in [-0.3, -0.25) is 0 Å². The summed E-state index contributed by atoms with van der Waals surface area (Å²) in [5.41, 5.74) is 0. The summed E-state index contributed by atoms with van der Waals surface area (Å²) in [6.45, 7) is 5.14. The van der Waals surface area contributed by atoms with Crippen LogP contribution in [-0.2, 0) is 22.8 Å². The molecule has 5 nitrogen and oxygen atoms in total. The monoisotopic (exact) mass is 248 g/mol. The molecule has 0 aromatic heterocycles. The lowest BCUT2D eigenvalue weighted by Gasteiger charge is -2.25. The van der Waals surface area contributed by atoms with Gasteiger partial charge in [-0.05, 0) is 13.3 Å². The SMILES string of the molecule is C=CC(=O)O[C@H](C)CC[Si](OC)(OC)OC. The Labute approximate surface area is 97.7 Å². The third-order valence-electron chi connectivity index (χ3n) is 2.27. The Morgan fingerprint density at radius 3 is 2.19 bits per heavy atom. The topological polar surface area (TPSA) is 54.0 Å². The van der Waals surface area contributed by atoms with Crippen LogP contribution in [0.2, 0.25) is 6.04 Å². The van der Waals surface area contributed by atoms with E-state index in [4.69, 9.17) is 18.0 Å². The van der Waals surface area contributed by atoms with Gasteiger partial charge in [0.25, 0.3) is 0 Å². The van der Waals surface area contributed by atoms with E-state index in [1.807, 2.05) is 6.92 Å². The molecule has 0 aromatic rings. The van der Waals surface area contributed by atoms with Crippen molar-refractivity contribution in [1.82, 2.24) is 0 Å². The number of rotatable bonds is 8. The first-order chi connectivity index (χ1) is 7.53. The highest BCUT2D eigenvalue weighted by molar-refractivity contribution is 6.60. The molecule has 0 spiro atoms. The summed E-state index contributed by atoms with van der Waals surface area (Å²) >= 11 is 0. The normalized spacial score (nSPS) is 13.2. The molecule has 0 aliphatic rings. The van der Waals surface area contributed by atoms with Crippen LogP contribution in [0.15, 0.2) is 12.7 Å². The summed E-state index contributed by atoms with van der Waals surface area (Å²) in [5, 5.41) is 0. The highest BCUT2D eigenvalue weighted by Crippen LogP contribution is 2.17. The minimum Gasteiger partial charge on any atom is -0.460 e. The van der Waals surface area contributed by atoms with Gasteiger partial charge in [-0.15, -0.1) is 0 Å². The molecule has 0 unspecified atom stereocenters. The molecule has 0 bridgehead atoms. The van der Waals surface area contributed by atoms with E-state index in [1.165, 1.54) is 0 Å². The van der Waals surface area contributed by atoms with Gasteiger partial charge in [0.2, 0.25) is 0 Å². The average molecular weight is 248 g/mol. The fraction of sp³-hybridized carbons (Fsp3) is 0.700. The summed E-state index contributed by atoms with van der Waals surface area (Å²) < 4.78 is 20.8. The molecule has 0 amide bonds. The molecule has 0 N–H and O–H groups in total. The van der Waals surface area contributed by atoms with E-state index >= 15 is 0 Å². The minimum atomic E-state index is -2.56. The minimum absolute atomic E-state index is 0.210. The van der Waals surface area contributed by atoms with Crippen LogP contribution in [0, 0.1) is 0 Å². The molecule has 6 heteroatoms. The molecule has 16 heavy (non-hydrogen) atoms. The summed E-state index contributed by atoms with van der Waals surface area (Å²) in [6.07, 6.45) is 1.56.